The molecular weight excluding hydrogens is 314 g/mol. The van der Waals surface area contributed by atoms with Crippen LogP contribution in [0.4, 0.5) is 0 Å². The molecule has 25 heavy (non-hydrogen) atoms. The largest absolute Gasteiger partial charge is 0.340 e. The summed E-state index contributed by atoms with van der Waals surface area (Å²) < 4.78 is 0. The van der Waals surface area contributed by atoms with Crippen LogP contribution in [0, 0.1) is 0 Å². The van der Waals surface area contributed by atoms with Crippen molar-refractivity contribution in [2.24, 2.45) is 0 Å². The fraction of sp³-hybridized carbons (Fsp3) is 0.500. The summed E-state index contributed by atoms with van der Waals surface area (Å²) in [4.78, 5) is 27.9. The van der Waals surface area contributed by atoms with Crippen LogP contribution in [0.2, 0.25) is 0 Å². The summed E-state index contributed by atoms with van der Waals surface area (Å²) in [6.45, 7) is 14.5. The molecule has 1 amide bonds. The number of ketones is 1. The summed E-state index contributed by atoms with van der Waals surface area (Å²) in [5, 5.41) is 3.21. The molecule has 0 spiro atoms. The van der Waals surface area contributed by atoms with Crippen molar-refractivity contribution >= 4 is 11.7 Å². The van der Waals surface area contributed by atoms with Crippen molar-refractivity contribution in [2.75, 3.05) is 32.7 Å². The third-order valence-corrected chi connectivity index (χ3v) is 3.99. The molecule has 1 aliphatic heterocycles. The zero-order chi connectivity index (χ0) is 18.7. The van der Waals surface area contributed by atoms with Gasteiger partial charge in [0.2, 0.25) is 5.91 Å². The van der Waals surface area contributed by atoms with Crippen molar-refractivity contribution in [1.82, 2.24) is 15.1 Å². The Hall–Kier alpha value is -2.14. The molecule has 0 aromatic rings. The minimum Gasteiger partial charge on any atom is -0.340 e. The first-order valence-electron chi connectivity index (χ1n) is 8.94. The van der Waals surface area contributed by atoms with Gasteiger partial charge < -0.3 is 15.1 Å². The van der Waals surface area contributed by atoms with E-state index in [1.54, 1.807) is 17.9 Å². The van der Waals surface area contributed by atoms with Crippen molar-refractivity contribution in [2.45, 2.75) is 33.1 Å². The Kier molecular flexibility index (Phi) is 9.55. The van der Waals surface area contributed by atoms with Crippen molar-refractivity contribution in [3.8, 4) is 0 Å². The smallest absolute Gasteiger partial charge is 0.246 e. The number of amides is 1. The quantitative estimate of drug-likeness (QED) is 0.376. The van der Waals surface area contributed by atoms with Gasteiger partial charge in [0.1, 0.15) is 0 Å². The summed E-state index contributed by atoms with van der Waals surface area (Å²) in [5.74, 6) is 0.0214. The van der Waals surface area contributed by atoms with E-state index in [4.69, 9.17) is 0 Å². The minimum atomic E-state index is -0.0202. The average molecular weight is 345 g/mol. The predicted molar refractivity (Wildman–Crippen MR) is 103 cm³/mol. The highest BCUT2D eigenvalue weighted by atomic mass is 16.2. The second-order valence-electron chi connectivity index (χ2n) is 6.10. The summed E-state index contributed by atoms with van der Waals surface area (Å²) in [6.07, 6.45) is 10.0. The first-order chi connectivity index (χ1) is 12.0. The molecule has 0 aromatic carbocycles. The molecule has 0 aliphatic carbocycles. The van der Waals surface area contributed by atoms with E-state index in [1.807, 2.05) is 23.1 Å². The van der Waals surface area contributed by atoms with Crippen LogP contribution in [0.3, 0.4) is 0 Å². The van der Waals surface area contributed by atoms with Gasteiger partial charge in [-0.15, -0.1) is 6.58 Å². The first-order valence-corrected chi connectivity index (χ1v) is 8.94. The van der Waals surface area contributed by atoms with E-state index >= 15 is 0 Å². The molecule has 1 rings (SSSR count). The Morgan fingerprint density at radius 3 is 2.64 bits per heavy atom. The van der Waals surface area contributed by atoms with Gasteiger partial charge in [-0.2, -0.15) is 0 Å². The number of rotatable bonds is 10. The van der Waals surface area contributed by atoms with E-state index < -0.39 is 0 Å². The monoisotopic (exact) mass is 345 g/mol. The number of carbonyl (C=O) groups is 2. The molecule has 0 atom stereocenters. The van der Waals surface area contributed by atoms with Gasteiger partial charge in [0.15, 0.2) is 5.78 Å². The molecule has 1 saturated heterocycles. The van der Waals surface area contributed by atoms with E-state index in [9.17, 15) is 9.59 Å². The zero-order valence-electron chi connectivity index (χ0n) is 15.6. The molecule has 1 heterocycles. The molecule has 1 N–H and O–H groups in total. The van der Waals surface area contributed by atoms with Gasteiger partial charge in [-0.05, 0) is 19.4 Å². The summed E-state index contributed by atoms with van der Waals surface area (Å²) in [5.41, 5.74) is 1.48. The van der Waals surface area contributed by atoms with E-state index in [0.29, 0.717) is 31.9 Å². The molecule has 5 nitrogen and oxygen atoms in total. The number of Topliss-reactive ketones (excluding diaryl/α,β-unsaturated/α-hetero) is 1. The Balaban J connectivity index is 2.55. The normalized spacial score (nSPS) is 15.8. The Morgan fingerprint density at radius 2 is 2.04 bits per heavy atom. The number of nitrogens with zero attached hydrogens (tertiary/aromatic N) is 2. The van der Waals surface area contributed by atoms with Gasteiger partial charge in [-0.25, -0.2) is 0 Å². The molecule has 0 radical (unpaired) electrons. The number of carbonyl (C=O) groups excluding carboxylic acids is 2. The third kappa shape index (κ3) is 7.10. The number of nitrogens with one attached hydrogen (secondary N) is 1. The molecule has 0 aromatic heterocycles. The Morgan fingerprint density at radius 1 is 1.28 bits per heavy atom. The standard InChI is InChI=1S/C20H31N3O2/c1-5-7-10-19(18(4)24)23-15-14-22(16-17(23)3)20(25)11-9-13-21-12-8-6-2/h6,9-11,21H,2-3,5,7-8,12-16H2,1,4H3/b11-9+,19-10-. The fourth-order valence-corrected chi connectivity index (χ4v) is 2.62. The van der Waals surface area contributed by atoms with Crippen molar-refractivity contribution in [3.63, 3.8) is 0 Å². The van der Waals surface area contributed by atoms with E-state index in [1.165, 1.54) is 0 Å². The predicted octanol–water partition coefficient (Wildman–Crippen LogP) is 2.64. The fourth-order valence-electron chi connectivity index (χ4n) is 2.62. The maximum atomic E-state index is 12.3. The molecule has 138 valence electrons. The van der Waals surface area contributed by atoms with Gasteiger partial charge in [-0.3, -0.25) is 9.59 Å². The van der Waals surface area contributed by atoms with Crippen LogP contribution in [-0.4, -0.2) is 54.2 Å². The maximum Gasteiger partial charge on any atom is 0.246 e. The SMILES string of the molecule is C=CCCNC/C=C/C(=O)N1CCN(/C(=C\CCC)C(C)=O)C(=C)C1. The number of hydrogen-bond acceptors (Lipinski definition) is 4. The maximum absolute atomic E-state index is 12.3. The van der Waals surface area contributed by atoms with Crippen molar-refractivity contribution in [3.05, 3.63) is 48.9 Å². The third-order valence-electron chi connectivity index (χ3n) is 3.99. The topological polar surface area (TPSA) is 52.7 Å². The van der Waals surface area contributed by atoms with Gasteiger partial charge in [0, 0.05) is 38.3 Å². The Labute approximate surface area is 151 Å². The lowest BCUT2D eigenvalue weighted by atomic mass is 10.1. The second-order valence-corrected chi connectivity index (χ2v) is 6.10. The zero-order valence-corrected chi connectivity index (χ0v) is 15.6. The summed E-state index contributed by atoms with van der Waals surface area (Å²) >= 11 is 0. The van der Waals surface area contributed by atoms with Crippen molar-refractivity contribution < 1.29 is 9.59 Å². The van der Waals surface area contributed by atoms with Gasteiger partial charge in [0.25, 0.3) is 0 Å². The number of unbranched alkanes of at least 4 members (excludes halogenated alkanes) is 1. The lowest BCUT2D eigenvalue weighted by Gasteiger charge is -2.38. The summed E-state index contributed by atoms with van der Waals surface area (Å²) in [7, 11) is 0. The highest BCUT2D eigenvalue weighted by Crippen LogP contribution is 2.19. The van der Waals surface area contributed by atoms with Crippen LogP contribution in [0.25, 0.3) is 0 Å². The molecule has 0 bridgehead atoms. The van der Waals surface area contributed by atoms with E-state index in [2.05, 4.69) is 25.4 Å². The lowest BCUT2D eigenvalue weighted by Crippen LogP contribution is -2.46. The molecular formula is C20H31N3O2. The molecule has 0 saturated carbocycles. The average Bonchev–Trinajstić information content (AvgIpc) is 2.59. The van der Waals surface area contributed by atoms with Crippen LogP contribution in [0.5, 0.6) is 0 Å². The molecule has 5 heteroatoms. The van der Waals surface area contributed by atoms with Gasteiger partial charge in [0.05, 0.1) is 12.2 Å². The number of hydrogen-bond donors (Lipinski definition) is 1. The Bertz CT molecular complexity index is 549. The van der Waals surface area contributed by atoms with Crippen LogP contribution in [0.15, 0.2) is 48.9 Å². The summed E-state index contributed by atoms with van der Waals surface area (Å²) in [6, 6.07) is 0. The number of allylic oxidation sites excluding steroid dienone is 2. The molecule has 0 unspecified atom stereocenters. The van der Waals surface area contributed by atoms with Crippen LogP contribution < -0.4 is 5.32 Å². The van der Waals surface area contributed by atoms with E-state index in [0.717, 1.165) is 31.5 Å². The van der Waals surface area contributed by atoms with E-state index in [-0.39, 0.29) is 11.7 Å². The van der Waals surface area contributed by atoms with Crippen molar-refractivity contribution in [1.29, 1.82) is 0 Å². The van der Waals surface area contributed by atoms with Crippen LogP contribution in [0.1, 0.15) is 33.1 Å². The second kappa shape index (κ2) is 11.4. The molecule has 1 aliphatic rings. The van der Waals surface area contributed by atoms with Crippen LogP contribution in [-0.2, 0) is 9.59 Å². The number of piperazine rings is 1. The highest BCUT2D eigenvalue weighted by molar-refractivity contribution is 5.93. The van der Waals surface area contributed by atoms with Crippen LogP contribution >= 0.6 is 0 Å². The lowest BCUT2D eigenvalue weighted by molar-refractivity contribution is -0.126. The highest BCUT2D eigenvalue weighted by Gasteiger charge is 2.25. The van der Waals surface area contributed by atoms with Gasteiger partial charge in [-0.1, -0.05) is 38.2 Å². The first kappa shape index (κ1) is 20.9. The minimum absolute atomic E-state index is 0.0202. The molecule has 1 fully saturated rings. The van der Waals surface area contributed by atoms with Gasteiger partial charge >= 0.3 is 0 Å².